The van der Waals surface area contributed by atoms with E-state index in [1.165, 1.54) is 54.0 Å². The number of halogens is 4. The van der Waals surface area contributed by atoms with E-state index in [4.69, 9.17) is 18.5 Å². The zero-order valence-corrected chi connectivity index (χ0v) is 39.7. The number of hydrogen-bond acceptors (Lipinski definition) is 13. The highest BCUT2D eigenvalue weighted by atomic mass is 32.2. The second kappa shape index (κ2) is 21.4. The van der Waals surface area contributed by atoms with Crippen molar-refractivity contribution in [1.29, 1.82) is 0 Å². The molecule has 1 aromatic heterocycles. The first-order valence-electron chi connectivity index (χ1n) is 22.8. The zero-order valence-electron chi connectivity index (χ0n) is 38.0. The lowest BCUT2D eigenvalue weighted by molar-refractivity contribution is -0.148. The molecule has 7 rings (SSSR count). The number of amides is 3. The monoisotopic (exact) mass is 993 g/mol. The molecule has 5 atom stereocenters. The first kappa shape index (κ1) is 51.0. The number of nitrogens with zero attached hydrogens (tertiary/aromatic N) is 3. The fourth-order valence-corrected chi connectivity index (χ4v) is 11.6. The van der Waals surface area contributed by atoms with Gasteiger partial charge in [0.25, 0.3) is 12.3 Å². The molecule has 68 heavy (non-hydrogen) atoms. The van der Waals surface area contributed by atoms with Crippen molar-refractivity contribution >= 4 is 59.1 Å². The van der Waals surface area contributed by atoms with E-state index in [0.717, 1.165) is 42.3 Å². The van der Waals surface area contributed by atoms with Crippen molar-refractivity contribution in [1.82, 2.24) is 25.0 Å². The Hall–Kier alpha value is -4.82. The van der Waals surface area contributed by atoms with E-state index in [-0.39, 0.29) is 71.6 Å². The Kier molecular flexibility index (Phi) is 16.1. The number of carbonyl (C=O) groups excluding carboxylic acids is 5. The number of likely N-dealkylation sites (tertiary alicyclic amines) is 1. The highest BCUT2D eigenvalue weighted by Crippen LogP contribution is 2.67. The normalized spacial score (nSPS) is 22.5. The highest BCUT2D eigenvalue weighted by Gasteiger charge is 2.59. The van der Waals surface area contributed by atoms with Crippen molar-refractivity contribution in [3.63, 3.8) is 0 Å². The number of alkyl halides is 4. The van der Waals surface area contributed by atoms with Gasteiger partial charge < -0.3 is 34.1 Å². The summed E-state index contributed by atoms with van der Waals surface area (Å²) >= 11 is 0.809. The van der Waals surface area contributed by atoms with E-state index in [1.807, 2.05) is 11.0 Å². The minimum Gasteiger partial charge on any atom is -0.432 e. The number of ether oxygens (including phenoxy) is 2. The molecule has 1 saturated carbocycles. The number of pyridine rings is 1. The van der Waals surface area contributed by atoms with Gasteiger partial charge in [-0.15, -0.1) is 0 Å². The van der Waals surface area contributed by atoms with Crippen LogP contribution in [-0.2, 0) is 43.1 Å². The van der Waals surface area contributed by atoms with Crippen molar-refractivity contribution in [3.05, 3.63) is 81.8 Å². The number of benzene rings is 2. The van der Waals surface area contributed by atoms with Crippen LogP contribution in [0, 0.1) is 0 Å². The van der Waals surface area contributed by atoms with Gasteiger partial charge in [-0.1, -0.05) is 36.9 Å². The molecule has 22 heteroatoms. The summed E-state index contributed by atoms with van der Waals surface area (Å²) in [6.45, 7) is 2.94. The van der Waals surface area contributed by atoms with E-state index in [1.54, 1.807) is 13.1 Å². The predicted octanol–water partition coefficient (Wildman–Crippen LogP) is 7.36. The van der Waals surface area contributed by atoms with Gasteiger partial charge in [0.15, 0.2) is 5.12 Å². The molecule has 1 aliphatic carbocycles. The second-order valence-electron chi connectivity index (χ2n) is 17.9. The van der Waals surface area contributed by atoms with Gasteiger partial charge in [0.05, 0.1) is 19.3 Å². The molecule has 0 bridgehead atoms. The molecule has 2 aromatic carbocycles. The third-order valence-corrected chi connectivity index (χ3v) is 15.6. The second-order valence-corrected chi connectivity index (χ2v) is 21.2. The number of thioether (sulfide) groups is 1. The molecule has 16 nitrogen and oxygen atoms in total. The Morgan fingerprint density at radius 2 is 1.75 bits per heavy atom. The van der Waals surface area contributed by atoms with Crippen molar-refractivity contribution in [2.45, 2.75) is 120 Å². The van der Waals surface area contributed by atoms with Crippen LogP contribution in [0.3, 0.4) is 0 Å². The minimum absolute atomic E-state index is 0.0369. The van der Waals surface area contributed by atoms with Crippen LogP contribution in [0.4, 0.5) is 22.4 Å². The number of aromatic nitrogens is 1. The number of aromatic amines is 1. The zero-order chi connectivity index (χ0) is 49.0. The van der Waals surface area contributed by atoms with Crippen LogP contribution in [0.25, 0.3) is 10.8 Å². The molecular formula is C46H56F4N5O11PS. The van der Waals surface area contributed by atoms with Gasteiger partial charge >= 0.3 is 19.4 Å². The average molecular weight is 994 g/mol. The maximum Gasteiger partial charge on any atom is 0.510 e. The summed E-state index contributed by atoms with van der Waals surface area (Å²) in [4.78, 5) is 86.8. The summed E-state index contributed by atoms with van der Waals surface area (Å²) in [7, 11) is -5.53. The number of carbonyl (C=O) groups is 5. The van der Waals surface area contributed by atoms with Crippen LogP contribution in [0.15, 0.2) is 59.5 Å². The Bertz CT molecular complexity index is 2480. The van der Waals surface area contributed by atoms with E-state index in [0.29, 0.717) is 31.2 Å². The highest BCUT2D eigenvalue weighted by molar-refractivity contribution is 8.13. The molecule has 2 unspecified atom stereocenters. The lowest BCUT2D eigenvalue weighted by Gasteiger charge is -2.40. The third kappa shape index (κ3) is 11.6. The number of nitrogens with one attached hydrogen (secondary N) is 2. The fraction of sp³-hybridized carbons (Fsp3) is 0.565. The summed E-state index contributed by atoms with van der Waals surface area (Å²) in [5.41, 5.74) is -5.12. The molecule has 1 spiro atoms. The first-order chi connectivity index (χ1) is 32.3. The van der Waals surface area contributed by atoms with Crippen molar-refractivity contribution in [2.24, 2.45) is 0 Å². The van der Waals surface area contributed by atoms with Crippen LogP contribution in [0.1, 0.15) is 99.5 Å². The lowest BCUT2D eigenvalue weighted by Crippen LogP contribution is -2.60. The van der Waals surface area contributed by atoms with Crippen molar-refractivity contribution in [3.8, 4) is 0 Å². The van der Waals surface area contributed by atoms with Crippen LogP contribution in [-0.4, -0.2) is 130 Å². The van der Waals surface area contributed by atoms with E-state index in [9.17, 15) is 42.1 Å². The summed E-state index contributed by atoms with van der Waals surface area (Å²) in [6, 6.07) is 8.05. The standard InChI is InChI=1S/C46H56F4N5O11PS/c1-4-5-40(57)68-19-18-64-67(62,65-27-63-44(61)66-28(2)3)46(49,50)34-9-8-29-6-7-31(20-32(29)21-34)41(58)52-36-13-17-53(26-38(47)48)25-35-10-11-37(55(35)42(36)59)43(60)54-24-33(23-45(54)14-15-45)30-12-16-51-39(56)22-30/h6-9,12,16,20-22,28,33,35-38H,4-5,10-11,13-15,17-19,23-27H2,1-3H3,(H,51,56)(H,52,58)/t33?,35-,36+,37+,67?/m1/s1. The lowest BCUT2D eigenvalue weighted by atomic mass is 9.96. The molecule has 3 amide bonds. The topological polar surface area (TPSA) is 194 Å². The number of rotatable bonds is 18. The molecule has 4 aliphatic rings. The number of H-pyrrole nitrogens is 1. The Labute approximate surface area is 394 Å². The maximum atomic E-state index is 16.4. The molecule has 3 aliphatic heterocycles. The minimum atomic E-state index is -5.53. The number of hydrogen-bond donors (Lipinski definition) is 2. The van der Waals surface area contributed by atoms with Gasteiger partial charge in [-0.2, -0.15) is 8.78 Å². The summed E-state index contributed by atoms with van der Waals surface area (Å²) in [5.74, 6) is -1.81. The largest absolute Gasteiger partial charge is 0.510 e. The van der Waals surface area contributed by atoms with Gasteiger partial charge in [-0.05, 0) is 99.4 Å². The number of fused-ring (bicyclic) bond motifs is 2. The molecular weight excluding hydrogens is 938 g/mol. The Morgan fingerprint density at radius 1 is 0.985 bits per heavy atom. The quantitative estimate of drug-likeness (QED) is 0.0423. The third-order valence-electron chi connectivity index (χ3n) is 12.8. The molecule has 2 N–H and O–H groups in total. The van der Waals surface area contributed by atoms with Gasteiger partial charge in [-0.25, -0.2) is 13.6 Å². The summed E-state index contributed by atoms with van der Waals surface area (Å²) < 4.78 is 94.2. The van der Waals surface area contributed by atoms with Gasteiger partial charge in [-0.3, -0.25) is 38.0 Å². The molecule has 3 saturated heterocycles. The van der Waals surface area contributed by atoms with E-state index in [2.05, 4.69) is 10.3 Å². The predicted molar refractivity (Wildman–Crippen MR) is 242 cm³/mol. The molecule has 3 aromatic rings. The van der Waals surface area contributed by atoms with E-state index < -0.39 is 92.9 Å². The van der Waals surface area contributed by atoms with Crippen LogP contribution in [0.2, 0.25) is 0 Å². The van der Waals surface area contributed by atoms with Crippen LogP contribution < -0.4 is 10.9 Å². The van der Waals surface area contributed by atoms with Gasteiger partial charge in [0.1, 0.15) is 12.1 Å². The summed E-state index contributed by atoms with van der Waals surface area (Å²) in [6.07, 6.45) is 0.584. The average Bonchev–Trinajstić information content (AvgIpc) is 3.78. The Morgan fingerprint density at radius 3 is 2.46 bits per heavy atom. The van der Waals surface area contributed by atoms with Crippen LogP contribution in [0.5, 0.6) is 0 Å². The maximum absolute atomic E-state index is 16.4. The summed E-state index contributed by atoms with van der Waals surface area (Å²) in [5, 5.41) is 3.01. The molecule has 4 heterocycles. The SMILES string of the molecule is CCCC(=O)SCCOP(=O)(OCOC(=O)OC(C)C)C(F)(F)c1ccc2ccc(C(=O)N[C@H]3CCN(CC(F)F)C[C@H]4CC[C@@H](C(=O)N5CC(c6cc[nH]c(=O)c6)CC56CC6)N4C3=O)cc2c1. The smallest absolute Gasteiger partial charge is 0.432 e. The van der Waals surface area contributed by atoms with E-state index >= 15 is 8.78 Å². The fourth-order valence-electron chi connectivity index (χ4n) is 9.38. The van der Waals surface area contributed by atoms with Crippen molar-refractivity contribution < 1.29 is 64.6 Å². The first-order valence-corrected chi connectivity index (χ1v) is 25.3. The van der Waals surface area contributed by atoms with Crippen molar-refractivity contribution in [2.75, 3.05) is 45.3 Å². The molecule has 370 valence electrons. The molecule has 4 fully saturated rings. The Balaban J connectivity index is 1.10. The molecule has 0 radical (unpaired) electrons. The van der Waals surface area contributed by atoms with Gasteiger partial charge in [0, 0.05) is 72.7 Å². The van der Waals surface area contributed by atoms with Gasteiger partial charge in [0.2, 0.25) is 24.2 Å². The van der Waals surface area contributed by atoms with Crippen LogP contribution >= 0.6 is 19.4 Å².